The molecular formula is C22H30N2O2. The summed E-state index contributed by atoms with van der Waals surface area (Å²) >= 11 is 0. The molecule has 0 amide bonds. The van der Waals surface area contributed by atoms with E-state index in [9.17, 15) is 4.79 Å². The molecule has 2 rings (SSSR count). The van der Waals surface area contributed by atoms with Crippen molar-refractivity contribution in [2.75, 3.05) is 32.8 Å². The third kappa shape index (κ3) is 4.51. The smallest absolute Gasteiger partial charge is 0.335 e. The van der Waals surface area contributed by atoms with Gasteiger partial charge in [-0.3, -0.25) is 5.32 Å². The van der Waals surface area contributed by atoms with Crippen molar-refractivity contribution in [1.29, 1.82) is 0 Å². The van der Waals surface area contributed by atoms with Crippen LogP contribution in [0, 0.1) is 0 Å². The molecule has 0 bridgehead atoms. The van der Waals surface area contributed by atoms with E-state index in [1.54, 1.807) is 0 Å². The SMILES string of the molecule is CCOC(=O)C(NCCN(CC)CC)(c1ccccc1)c1ccccc1. The first kappa shape index (κ1) is 20.1. The number of carbonyl (C=O) groups is 1. The average Bonchev–Trinajstić information content (AvgIpc) is 2.70. The van der Waals surface area contributed by atoms with Crippen molar-refractivity contribution in [2.45, 2.75) is 26.3 Å². The number of benzene rings is 2. The monoisotopic (exact) mass is 354 g/mol. The van der Waals surface area contributed by atoms with E-state index in [0.717, 1.165) is 30.8 Å². The van der Waals surface area contributed by atoms with Crippen molar-refractivity contribution in [3.05, 3.63) is 71.8 Å². The highest BCUT2D eigenvalue weighted by Gasteiger charge is 2.43. The van der Waals surface area contributed by atoms with Crippen molar-refractivity contribution in [3.63, 3.8) is 0 Å². The van der Waals surface area contributed by atoms with Gasteiger partial charge in [0.15, 0.2) is 5.54 Å². The van der Waals surface area contributed by atoms with Crippen LogP contribution in [-0.2, 0) is 15.1 Å². The molecule has 0 spiro atoms. The molecule has 4 nitrogen and oxygen atoms in total. The van der Waals surface area contributed by atoms with Gasteiger partial charge < -0.3 is 9.64 Å². The van der Waals surface area contributed by atoms with Crippen molar-refractivity contribution in [2.24, 2.45) is 0 Å². The number of nitrogens with zero attached hydrogens (tertiary/aromatic N) is 1. The van der Waals surface area contributed by atoms with E-state index in [1.807, 2.05) is 67.6 Å². The first-order valence-corrected chi connectivity index (χ1v) is 9.44. The lowest BCUT2D eigenvalue weighted by atomic mass is 9.82. The minimum atomic E-state index is -1.01. The van der Waals surface area contributed by atoms with E-state index in [0.29, 0.717) is 13.2 Å². The zero-order chi connectivity index (χ0) is 18.8. The van der Waals surface area contributed by atoms with Crippen LogP contribution in [0.4, 0.5) is 0 Å². The zero-order valence-corrected chi connectivity index (χ0v) is 16.1. The molecule has 4 heteroatoms. The number of rotatable bonds is 10. The van der Waals surface area contributed by atoms with Crippen molar-refractivity contribution < 1.29 is 9.53 Å². The summed E-state index contributed by atoms with van der Waals surface area (Å²) in [5.41, 5.74) is 0.777. The Hall–Kier alpha value is -2.17. The van der Waals surface area contributed by atoms with Crippen molar-refractivity contribution >= 4 is 5.97 Å². The van der Waals surface area contributed by atoms with Crippen LogP contribution in [0.2, 0.25) is 0 Å². The molecule has 0 aliphatic carbocycles. The van der Waals surface area contributed by atoms with Crippen LogP contribution in [0.3, 0.4) is 0 Å². The van der Waals surface area contributed by atoms with Crippen LogP contribution in [0.15, 0.2) is 60.7 Å². The maximum atomic E-state index is 13.2. The largest absolute Gasteiger partial charge is 0.464 e. The van der Waals surface area contributed by atoms with Gasteiger partial charge in [-0.25, -0.2) is 4.79 Å². The van der Waals surface area contributed by atoms with Gasteiger partial charge in [-0.2, -0.15) is 0 Å². The van der Waals surface area contributed by atoms with Gasteiger partial charge in [0.05, 0.1) is 6.61 Å². The number of hydrogen-bond donors (Lipinski definition) is 1. The lowest BCUT2D eigenvalue weighted by Crippen LogP contribution is -2.53. The Morgan fingerprint density at radius 3 is 1.85 bits per heavy atom. The van der Waals surface area contributed by atoms with Gasteiger partial charge in [-0.05, 0) is 31.1 Å². The molecule has 0 aliphatic rings. The van der Waals surface area contributed by atoms with Gasteiger partial charge in [0, 0.05) is 13.1 Å². The number of carbonyl (C=O) groups excluding carboxylic acids is 1. The maximum Gasteiger partial charge on any atom is 0.335 e. The molecule has 0 saturated carbocycles. The second-order valence-corrected chi connectivity index (χ2v) is 6.16. The number of nitrogens with one attached hydrogen (secondary N) is 1. The Bertz CT molecular complexity index is 615. The van der Waals surface area contributed by atoms with Crippen LogP contribution in [0.25, 0.3) is 0 Å². The quantitative estimate of drug-likeness (QED) is 0.664. The number of ether oxygens (including phenoxy) is 1. The first-order valence-electron chi connectivity index (χ1n) is 9.44. The van der Waals surface area contributed by atoms with Gasteiger partial charge in [0.25, 0.3) is 0 Å². The topological polar surface area (TPSA) is 41.6 Å². The maximum absolute atomic E-state index is 13.2. The van der Waals surface area contributed by atoms with Gasteiger partial charge in [-0.1, -0.05) is 74.5 Å². The highest BCUT2D eigenvalue weighted by Crippen LogP contribution is 2.31. The van der Waals surface area contributed by atoms with Gasteiger partial charge in [0.2, 0.25) is 0 Å². The summed E-state index contributed by atoms with van der Waals surface area (Å²) in [7, 11) is 0. The Kier molecular flexibility index (Phi) is 7.82. The van der Waals surface area contributed by atoms with Crippen molar-refractivity contribution in [1.82, 2.24) is 10.2 Å². The van der Waals surface area contributed by atoms with Gasteiger partial charge in [0.1, 0.15) is 0 Å². The fraction of sp³-hybridized carbons (Fsp3) is 0.409. The Labute approximate surface area is 157 Å². The molecule has 0 unspecified atom stereocenters. The minimum Gasteiger partial charge on any atom is -0.464 e. The Balaban J connectivity index is 2.45. The van der Waals surface area contributed by atoms with E-state index in [1.165, 1.54) is 0 Å². The summed E-state index contributed by atoms with van der Waals surface area (Å²) in [4.78, 5) is 15.5. The molecule has 1 N–H and O–H groups in total. The van der Waals surface area contributed by atoms with E-state index in [2.05, 4.69) is 24.1 Å². The molecule has 0 aromatic heterocycles. The molecule has 0 fully saturated rings. The zero-order valence-electron chi connectivity index (χ0n) is 16.1. The third-order valence-corrected chi connectivity index (χ3v) is 4.71. The molecule has 0 aliphatic heterocycles. The summed E-state index contributed by atoms with van der Waals surface area (Å²) in [6, 6.07) is 19.7. The van der Waals surface area contributed by atoms with Crippen LogP contribution in [-0.4, -0.2) is 43.7 Å². The Morgan fingerprint density at radius 2 is 1.42 bits per heavy atom. The lowest BCUT2D eigenvalue weighted by Gasteiger charge is -2.34. The fourth-order valence-electron chi connectivity index (χ4n) is 3.24. The molecule has 140 valence electrons. The lowest BCUT2D eigenvalue weighted by molar-refractivity contribution is -0.149. The molecular weight excluding hydrogens is 324 g/mol. The number of esters is 1. The predicted molar refractivity (Wildman–Crippen MR) is 106 cm³/mol. The van der Waals surface area contributed by atoms with Crippen LogP contribution < -0.4 is 5.32 Å². The minimum absolute atomic E-state index is 0.267. The highest BCUT2D eigenvalue weighted by atomic mass is 16.5. The summed E-state index contributed by atoms with van der Waals surface area (Å²) in [6.07, 6.45) is 0. The first-order chi connectivity index (χ1) is 12.7. The van der Waals surface area contributed by atoms with E-state index < -0.39 is 5.54 Å². The van der Waals surface area contributed by atoms with E-state index >= 15 is 0 Å². The predicted octanol–water partition coefficient (Wildman–Crippen LogP) is 3.42. The summed E-state index contributed by atoms with van der Waals surface area (Å²) < 4.78 is 5.51. The summed E-state index contributed by atoms with van der Waals surface area (Å²) in [5, 5.41) is 3.53. The second-order valence-electron chi connectivity index (χ2n) is 6.16. The summed E-state index contributed by atoms with van der Waals surface area (Å²) in [5.74, 6) is -0.267. The van der Waals surface area contributed by atoms with Crippen LogP contribution in [0.1, 0.15) is 31.9 Å². The third-order valence-electron chi connectivity index (χ3n) is 4.71. The van der Waals surface area contributed by atoms with Crippen molar-refractivity contribution in [3.8, 4) is 0 Å². The van der Waals surface area contributed by atoms with Gasteiger partial charge in [-0.15, -0.1) is 0 Å². The molecule has 0 atom stereocenters. The molecule has 26 heavy (non-hydrogen) atoms. The van der Waals surface area contributed by atoms with Gasteiger partial charge >= 0.3 is 5.97 Å². The van der Waals surface area contributed by atoms with Crippen LogP contribution >= 0.6 is 0 Å². The van der Waals surface area contributed by atoms with E-state index in [4.69, 9.17) is 4.74 Å². The molecule has 2 aromatic rings. The summed E-state index contributed by atoms with van der Waals surface area (Å²) in [6.45, 7) is 10.0. The fourth-order valence-corrected chi connectivity index (χ4v) is 3.24. The standard InChI is InChI=1S/C22H30N2O2/c1-4-24(5-2)18-17-23-22(21(25)26-6-3,19-13-9-7-10-14-19)20-15-11-8-12-16-20/h7-16,23H,4-6,17-18H2,1-3H3. The highest BCUT2D eigenvalue weighted by molar-refractivity contribution is 5.87. The normalized spacial score (nSPS) is 11.5. The van der Waals surface area contributed by atoms with E-state index in [-0.39, 0.29) is 5.97 Å². The molecule has 0 radical (unpaired) electrons. The number of hydrogen-bond acceptors (Lipinski definition) is 4. The molecule has 0 saturated heterocycles. The Morgan fingerprint density at radius 1 is 0.923 bits per heavy atom. The molecule has 2 aromatic carbocycles. The van der Waals surface area contributed by atoms with Crippen LogP contribution in [0.5, 0.6) is 0 Å². The average molecular weight is 354 g/mol. The molecule has 0 heterocycles. The number of likely N-dealkylation sites (N-methyl/N-ethyl adjacent to an activating group) is 1. The second kappa shape index (κ2) is 10.1.